The summed E-state index contributed by atoms with van der Waals surface area (Å²) in [4.78, 5) is 0.964. The third-order valence-corrected chi connectivity index (χ3v) is 3.25. The minimum atomic E-state index is -0.867. The van der Waals surface area contributed by atoms with Crippen LogP contribution in [0.25, 0.3) is 0 Å². The van der Waals surface area contributed by atoms with E-state index in [1.54, 1.807) is 6.26 Å². The maximum absolute atomic E-state index is 11.4. The minimum Gasteiger partial charge on any atom is -0.255 e. The molecule has 13 heavy (non-hydrogen) atoms. The van der Waals surface area contributed by atoms with Crippen LogP contribution in [0.3, 0.4) is 0 Å². The average Bonchev–Trinajstić information content (AvgIpc) is 2.04. The number of hydrogen-bond acceptors (Lipinski definition) is 1. The molecule has 1 nitrogen and oxygen atoms in total. The Morgan fingerprint density at radius 3 is 2.38 bits per heavy atom. The standard InChI is InChI=1S/C11H16OS/c1-8(2)10-6-5-9(3)11(7-10)13(4)12/h5-8H,1-4H3/t13-/m1/s1. The molecule has 0 aliphatic carbocycles. The van der Waals surface area contributed by atoms with Crippen LogP contribution in [0.4, 0.5) is 0 Å². The molecular formula is C11H16OS. The molecular weight excluding hydrogens is 180 g/mol. The molecule has 0 heterocycles. The van der Waals surface area contributed by atoms with Crippen molar-refractivity contribution >= 4 is 10.8 Å². The normalized spacial score (nSPS) is 13.3. The van der Waals surface area contributed by atoms with Crippen molar-refractivity contribution in [3.8, 4) is 0 Å². The second-order valence-corrected chi connectivity index (χ2v) is 4.98. The predicted molar refractivity (Wildman–Crippen MR) is 57.6 cm³/mol. The smallest absolute Gasteiger partial charge is 0.0500 e. The molecule has 1 aromatic rings. The second kappa shape index (κ2) is 4.05. The van der Waals surface area contributed by atoms with E-state index in [0.717, 1.165) is 10.5 Å². The van der Waals surface area contributed by atoms with Crippen molar-refractivity contribution in [2.24, 2.45) is 0 Å². The number of rotatable bonds is 2. The number of aryl methyl sites for hydroxylation is 1. The fourth-order valence-corrected chi connectivity index (χ4v) is 2.11. The third-order valence-electron chi connectivity index (χ3n) is 2.19. The van der Waals surface area contributed by atoms with E-state index in [1.807, 2.05) is 13.0 Å². The Morgan fingerprint density at radius 2 is 1.92 bits per heavy atom. The van der Waals surface area contributed by atoms with E-state index in [4.69, 9.17) is 0 Å². The highest BCUT2D eigenvalue weighted by atomic mass is 32.2. The first kappa shape index (κ1) is 10.5. The van der Waals surface area contributed by atoms with Crippen LogP contribution in [0.2, 0.25) is 0 Å². The highest BCUT2D eigenvalue weighted by molar-refractivity contribution is 7.84. The zero-order chi connectivity index (χ0) is 10.0. The van der Waals surface area contributed by atoms with Crippen molar-refractivity contribution in [3.63, 3.8) is 0 Å². The van der Waals surface area contributed by atoms with Crippen LogP contribution >= 0.6 is 0 Å². The summed E-state index contributed by atoms with van der Waals surface area (Å²) in [6.45, 7) is 6.29. The summed E-state index contributed by atoms with van der Waals surface area (Å²) in [7, 11) is -0.867. The summed E-state index contributed by atoms with van der Waals surface area (Å²) in [5.41, 5.74) is 2.38. The molecule has 1 atom stereocenters. The first-order chi connectivity index (χ1) is 6.02. The van der Waals surface area contributed by atoms with E-state index >= 15 is 0 Å². The molecule has 0 spiro atoms. The van der Waals surface area contributed by atoms with Gasteiger partial charge in [-0.1, -0.05) is 26.0 Å². The lowest BCUT2D eigenvalue weighted by Crippen LogP contribution is -1.95. The zero-order valence-electron chi connectivity index (χ0n) is 8.63. The molecule has 0 aliphatic heterocycles. The molecule has 72 valence electrons. The fraction of sp³-hybridized carbons (Fsp3) is 0.455. The molecule has 0 saturated heterocycles. The van der Waals surface area contributed by atoms with Gasteiger partial charge in [0.05, 0.1) is 10.8 Å². The molecule has 0 aliphatic rings. The van der Waals surface area contributed by atoms with Gasteiger partial charge in [-0.25, -0.2) is 0 Å². The topological polar surface area (TPSA) is 17.1 Å². The van der Waals surface area contributed by atoms with Gasteiger partial charge >= 0.3 is 0 Å². The van der Waals surface area contributed by atoms with Gasteiger partial charge < -0.3 is 0 Å². The second-order valence-electron chi connectivity index (χ2n) is 3.63. The zero-order valence-corrected chi connectivity index (χ0v) is 9.44. The molecule has 0 saturated carbocycles. The lowest BCUT2D eigenvalue weighted by atomic mass is 10.0. The van der Waals surface area contributed by atoms with Crippen molar-refractivity contribution in [2.75, 3.05) is 6.26 Å². The molecule has 0 N–H and O–H groups in total. The van der Waals surface area contributed by atoms with Crippen molar-refractivity contribution in [2.45, 2.75) is 31.6 Å². The number of hydrogen-bond donors (Lipinski definition) is 0. The van der Waals surface area contributed by atoms with Crippen molar-refractivity contribution in [1.82, 2.24) is 0 Å². The minimum absolute atomic E-state index is 0.503. The molecule has 1 aromatic carbocycles. The highest BCUT2D eigenvalue weighted by Gasteiger charge is 2.05. The van der Waals surface area contributed by atoms with Gasteiger partial charge in [0, 0.05) is 11.2 Å². The van der Waals surface area contributed by atoms with E-state index in [2.05, 4.69) is 26.0 Å². The van der Waals surface area contributed by atoms with Crippen LogP contribution in [0.15, 0.2) is 23.1 Å². The Balaban J connectivity index is 3.19. The van der Waals surface area contributed by atoms with E-state index in [1.165, 1.54) is 5.56 Å². The van der Waals surface area contributed by atoms with Gasteiger partial charge in [0.1, 0.15) is 0 Å². The van der Waals surface area contributed by atoms with E-state index in [9.17, 15) is 4.21 Å². The van der Waals surface area contributed by atoms with Crippen molar-refractivity contribution in [3.05, 3.63) is 29.3 Å². The Bertz CT molecular complexity index is 329. The fourth-order valence-electron chi connectivity index (χ4n) is 1.29. The number of benzene rings is 1. The average molecular weight is 196 g/mol. The SMILES string of the molecule is Cc1ccc(C(C)C)cc1[S@@](C)=O. The van der Waals surface area contributed by atoms with Gasteiger partial charge in [-0.15, -0.1) is 0 Å². The predicted octanol–water partition coefficient (Wildman–Crippen LogP) is 2.86. The summed E-state index contributed by atoms with van der Waals surface area (Å²) in [5, 5.41) is 0. The van der Waals surface area contributed by atoms with Gasteiger partial charge in [0.2, 0.25) is 0 Å². The Hall–Kier alpha value is -0.630. The summed E-state index contributed by atoms with van der Waals surface area (Å²) < 4.78 is 11.4. The van der Waals surface area contributed by atoms with E-state index in [0.29, 0.717) is 5.92 Å². The quantitative estimate of drug-likeness (QED) is 0.711. The summed E-state index contributed by atoms with van der Waals surface area (Å²) in [6.07, 6.45) is 1.73. The van der Waals surface area contributed by atoms with Gasteiger partial charge in [0.25, 0.3) is 0 Å². The Morgan fingerprint density at radius 1 is 1.31 bits per heavy atom. The molecule has 0 bridgehead atoms. The first-order valence-corrected chi connectivity index (χ1v) is 6.02. The van der Waals surface area contributed by atoms with Gasteiger partial charge in [-0.2, -0.15) is 0 Å². The highest BCUT2D eigenvalue weighted by Crippen LogP contribution is 2.20. The van der Waals surface area contributed by atoms with Gasteiger partial charge in [-0.05, 0) is 30.0 Å². The lowest BCUT2D eigenvalue weighted by Gasteiger charge is -2.08. The maximum Gasteiger partial charge on any atom is 0.0500 e. The van der Waals surface area contributed by atoms with Crippen LogP contribution in [-0.4, -0.2) is 10.5 Å². The molecule has 0 fully saturated rings. The monoisotopic (exact) mass is 196 g/mol. The molecule has 0 radical (unpaired) electrons. The van der Waals surface area contributed by atoms with Crippen molar-refractivity contribution < 1.29 is 4.21 Å². The maximum atomic E-state index is 11.4. The van der Waals surface area contributed by atoms with Crippen LogP contribution in [0.1, 0.15) is 30.9 Å². The van der Waals surface area contributed by atoms with Crippen molar-refractivity contribution in [1.29, 1.82) is 0 Å². The van der Waals surface area contributed by atoms with Gasteiger partial charge in [-0.3, -0.25) is 4.21 Å². The van der Waals surface area contributed by atoms with Crippen LogP contribution in [-0.2, 0) is 10.8 Å². The third kappa shape index (κ3) is 2.41. The van der Waals surface area contributed by atoms with Crippen LogP contribution < -0.4 is 0 Å². The van der Waals surface area contributed by atoms with Crippen LogP contribution in [0, 0.1) is 6.92 Å². The first-order valence-electron chi connectivity index (χ1n) is 4.46. The van der Waals surface area contributed by atoms with E-state index in [-0.39, 0.29) is 0 Å². The van der Waals surface area contributed by atoms with Gasteiger partial charge in [0.15, 0.2) is 0 Å². The molecule has 1 rings (SSSR count). The molecule has 0 unspecified atom stereocenters. The lowest BCUT2D eigenvalue weighted by molar-refractivity contribution is 0.686. The molecule has 0 aromatic heterocycles. The Labute approximate surface area is 82.6 Å². The van der Waals surface area contributed by atoms with E-state index < -0.39 is 10.8 Å². The molecule has 0 amide bonds. The van der Waals surface area contributed by atoms with Crippen LogP contribution in [0.5, 0.6) is 0 Å². The summed E-state index contributed by atoms with van der Waals surface area (Å²) in [5.74, 6) is 0.503. The summed E-state index contributed by atoms with van der Waals surface area (Å²) >= 11 is 0. The Kier molecular flexibility index (Phi) is 3.26. The largest absolute Gasteiger partial charge is 0.255 e. The molecule has 2 heteroatoms. The summed E-state index contributed by atoms with van der Waals surface area (Å²) in [6, 6.07) is 6.21.